The van der Waals surface area contributed by atoms with Crippen molar-refractivity contribution in [3.63, 3.8) is 0 Å². The van der Waals surface area contributed by atoms with E-state index in [1.165, 1.54) is 6.07 Å². The number of rotatable bonds is 1. The zero-order valence-corrected chi connectivity index (χ0v) is 12.0. The van der Waals surface area contributed by atoms with Crippen LogP contribution in [0.3, 0.4) is 0 Å². The Balaban J connectivity index is 1.65. The van der Waals surface area contributed by atoms with E-state index in [1.807, 2.05) is 11.5 Å². The molecule has 22 heavy (non-hydrogen) atoms. The average Bonchev–Trinajstić information content (AvgIpc) is 3.11. The van der Waals surface area contributed by atoms with Gasteiger partial charge in [0.05, 0.1) is 6.54 Å². The molecule has 1 aromatic carbocycles. The lowest BCUT2D eigenvalue weighted by atomic mass is 10.2. The van der Waals surface area contributed by atoms with E-state index in [1.54, 1.807) is 23.1 Å². The van der Waals surface area contributed by atoms with Gasteiger partial charge in [0.15, 0.2) is 5.82 Å². The van der Waals surface area contributed by atoms with Crippen molar-refractivity contribution in [3.8, 4) is 0 Å². The van der Waals surface area contributed by atoms with Crippen molar-refractivity contribution in [1.29, 1.82) is 0 Å². The van der Waals surface area contributed by atoms with Gasteiger partial charge in [-0.05, 0) is 25.1 Å². The number of aromatic amines is 1. The lowest BCUT2D eigenvalue weighted by molar-refractivity contribution is 0.0701. The molecule has 3 heterocycles. The van der Waals surface area contributed by atoms with Gasteiger partial charge in [0.1, 0.15) is 17.3 Å². The molecule has 0 saturated carbocycles. The van der Waals surface area contributed by atoms with Crippen LogP contribution in [0.1, 0.15) is 22.1 Å². The summed E-state index contributed by atoms with van der Waals surface area (Å²) in [5, 5.41) is 8.55. The molecule has 4 rings (SSSR count). The number of hydrogen-bond donors (Lipinski definition) is 1. The minimum atomic E-state index is -0.332. The van der Waals surface area contributed by atoms with E-state index in [9.17, 15) is 9.18 Å². The number of fused-ring (bicyclic) bond motifs is 2. The number of carbonyl (C=O) groups is 1. The van der Waals surface area contributed by atoms with Crippen molar-refractivity contribution >= 4 is 16.8 Å². The topological polar surface area (TPSA) is 66.8 Å². The second-order valence-corrected chi connectivity index (χ2v) is 5.43. The van der Waals surface area contributed by atoms with Gasteiger partial charge in [-0.1, -0.05) is 6.07 Å². The molecule has 1 amide bonds. The number of amides is 1. The number of halogens is 1. The molecule has 6 nitrogen and oxygen atoms in total. The Morgan fingerprint density at radius 2 is 2.18 bits per heavy atom. The van der Waals surface area contributed by atoms with E-state index in [-0.39, 0.29) is 11.7 Å². The molecule has 7 heteroatoms. The molecule has 0 bridgehead atoms. The Kier molecular flexibility index (Phi) is 2.75. The van der Waals surface area contributed by atoms with E-state index in [0.717, 1.165) is 11.6 Å². The fourth-order valence-corrected chi connectivity index (χ4v) is 2.88. The summed E-state index contributed by atoms with van der Waals surface area (Å²) in [4.78, 5) is 17.3. The normalized spacial score (nSPS) is 14.4. The first kappa shape index (κ1) is 13.0. The molecular weight excluding hydrogens is 285 g/mol. The summed E-state index contributed by atoms with van der Waals surface area (Å²) in [6, 6.07) is 6.33. The molecule has 0 aliphatic carbocycles. The van der Waals surface area contributed by atoms with Crippen molar-refractivity contribution in [2.75, 3.05) is 6.54 Å². The number of carbonyl (C=O) groups excluding carboxylic acids is 1. The summed E-state index contributed by atoms with van der Waals surface area (Å²) in [6.07, 6.45) is 0. The van der Waals surface area contributed by atoms with Crippen LogP contribution in [0.2, 0.25) is 0 Å². The second-order valence-electron chi connectivity index (χ2n) is 5.43. The quantitative estimate of drug-likeness (QED) is 0.746. The smallest absolute Gasteiger partial charge is 0.270 e. The number of H-pyrrole nitrogens is 1. The molecule has 0 radical (unpaired) electrons. The Labute approximate surface area is 125 Å². The van der Waals surface area contributed by atoms with Crippen LogP contribution in [0, 0.1) is 12.7 Å². The summed E-state index contributed by atoms with van der Waals surface area (Å²) in [5.74, 6) is 1.15. The van der Waals surface area contributed by atoms with Crippen molar-refractivity contribution in [2.45, 2.75) is 20.0 Å². The van der Waals surface area contributed by atoms with Gasteiger partial charge in [-0.2, -0.15) is 0 Å². The maximum atomic E-state index is 13.7. The highest BCUT2D eigenvalue weighted by Gasteiger charge is 2.25. The van der Waals surface area contributed by atoms with E-state index < -0.39 is 0 Å². The van der Waals surface area contributed by atoms with Crippen LogP contribution in [0.5, 0.6) is 0 Å². The van der Waals surface area contributed by atoms with Gasteiger partial charge in [0.2, 0.25) is 0 Å². The summed E-state index contributed by atoms with van der Waals surface area (Å²) >= 11 is 0. The zero-order valence-electron chi connectivity index (χ0n) is 12.0. The number of nitrogens with zero attached hydrogens (tertiary/aromatic N) is 4. The molecule has 2 aromatic heterocycles. The largest absolute Gasteiger partial charge is 0.350 e. The summed E-state index contributed by atoms with van der Waals surface area (Å²) in [6.45, 7) is 3.57. The molecule has 1 aliphatic heterocycles. The highest BCUT2D eigenvalue weighted by Crippen LogP contribution is 2.21. The minimum Gasteiger partial charge on any atom is -0.350 e. The monoisotopic (exact) mass is 299 g/mol. The molecule has 0 atom stereocenters. The van der Waals surface area contributed by atoms with Crippen molar-refractivity contribution in [3.05, 3.63) is 47.4 Å². The molecule has 1 N–H and O–H groups in total. The Bertz CT molecular complexity index is 881. The Hall–Kier alpha value is -2.70. The molecule has 3 aromatic rings. The lowest BCUT2D eigenvalue weighted by Gasteiger charge is -2.27. The van der Waals surface area contributed by atoms with Crippen LogP contribution < -0.4 is 0 Å². The average molecular weight is 299 g/mol. The fraction of sp³-hybridized carbons (Fsp3) is 0.267. The van der Waals surface area contributed by atoms with Crippen LogP contribution in [-0.4, -0.2) is 37.1 Å². The number of aromatic nitrogens is 4. The molecule has 0 spiro atoms. The molecular formula is C15H14FN5O. The predicted octanol–water partition coefficient (Wildman–Crippen LogP) is 1.86. The highest BCUT2D eigenvalue weighted by molar-refractivity contribution is 5.98. The first-order chi connectivity index (χ1) is 10.6. The van der Waals surface area contributed by atoms with Gasteiger partial charge < -0.3 is 14.5 Å². The number of hydrogen-bond acceptors (Lipinski definition) is 3. The second kappa shape index (κ2) is 4.66. The fourth-order valence-electron chi connectivity index (χ4n) is 2.88. The van der Waals surface area contributed by atoms with Crippen molar-refractivity contribution in [2.24, 2.45) is 0 Å². The summed E-state index contributed by atoms with van der Waals surface area (Å²) in [5.41, 5.74) is 1.02. The van der Waals surface area contributed by atoms with Gasteiger partial charge in [0, 0.05) is 24.0 Å². The van der Waals surface area contributed by atoms with Gasteiger partial charge in [-0.15, -0.1) is 10.2 Å². The Morgan fingerprint density at radius 3 is 3.00 bits per heavy atom. The van der Waals surface area contributed by atoms with Crippen LogP contribution in [0.4, 0.5) is 4.39 Å². The first-order valence-corrected chi connectivity index (χ1v) is 7.08. The van der Waals surface area contributed by atoms with Crippen molar-refractivity contribution < 1.29 is 9.18 Å². The van der Waals surface area contributed by atoms with E-state index >= 15 is 0 Å². The maximum Gasteiger partial charge on any atom is 0.270 e. The van der Waals surface area contributed by atoms with Gasteiger partial charge in [-0.25, -0.2) is 4.39 Å². The third kappa shape index (κ3) is 1.89. The molecule has 0 fully saturated rings. The van der Waals surface area contributed by atoms with Crippen molar-refractivity contribution in [1.82, 2.24) is 24.6 Å². The van der Waals surface area contributed by atoms with E-state index in [0.29, 0.717) is 36.2 Å². The van der Waals surface area contributed by atoms with Crippen LogP contribution in [0.25, 0.3) is 10.9 Å². The summed E-state index contributed by atoms with van der Waals surface area (Å²) < 4.78 is 15.7. The molecule has 0 unspecified atom stereocenters. The summed E-state index contributed by atoms with van der Waals surface area (Å²) in [7, 11) is 0. The van der Waals surface area contributed by atoms with E-state index in [2.05, 4.69) is 15.2 Å². The van der Waals surface area contributed by atoms with Gasteiger partial charge in [-0.3, -0.25) is 4.79 Å². The maximum absolute atomic E-state index is 13.7. The lowest BCUT2D eigenvalue weighted by Crippen LogP contribution is -2.38. The van der Waals surface area contributed by atoms with Gasteiger partial charge in [0.25, 0.3) is 5.91 Å². The first-order valence-electron chi connectivity index (χ1n) is 7.08. The zero-order chi connectivity index (χ0) is 15.3. The molecule has 1 aliphatic rings. The standard InChI is InChI=1S/C15H14FN5O/c1-9-18-19-14-8-20(5-6-21(9)14)15(22)13-7-10-11(16)3-2-4-12(10)17-13/h2-4,7,17H,5-6,8H2,1H3. The van der Waals surface area contributed by atoms with Crippen LogP contribution in [-0.2, 0) is 13.1 Å². The predicted molar refractivity (Wildman–Crippen MR) is 77.8 cm³/mol. The van der Waals surface area contributed by atoms with E-state index in [4.69, 9.17) is 0 Å². The highest BCUT2D eigenvalue weighted by atomic mass is 19.1. The number of aryl methyl sites for hydroxylation is 1. The number of benzene rings is 1. The minimum absolute atomic E-state index is 0.150. The Morgan fingerprint density at radius 1 is 1.32 bits per heavy atom. The van der Waals surface area contributed by atoms with Crippen LogP contribution >= 0.6 is 0 Å². The van der Waals surface area contributed by atoms with Crippen LogP contribution in [0.15, 0.2) is 24.3 Å². The SMILES string of the molecule is Cc1nnc2n1CCN(C(=O)c1cc3c(F)cccc3[nH]1)C2. The van der Waals surface area contributed by atoms with Gasteiger partial charge >= 0.3 is 0 Å². The number of nitrogens with one attached hydrogen (secondary N) is 1. The molecule has 0 saturated heterocycles. The molecule has 112 valence electrons. The third-order valence-corrected chi connectivity index (χ3v) is 4.07. The third-order valence-electron chi connectivity index (χ3n) is 4.07.